The smallest absolute Gasteiger partial charge is 0.194 e. The lowest BCUT2D eigenvalue weighted by Crippen LogP contribution is -1.92. The van der Waals surface area contributed by atoms with Gasteiger partial charge in [0.15, 0.2) is 16.5 Å². The molecule has 1 aromatic carbocycles. The number of hydrogen-bond acceptors (Lipinski definition) is 5. The highest BCUT2D eigenvalue weighted by Crippen LogP contribution is 2.39. The number of ether oxygens (including phenoxy) is 2. The Kier molecular flexibility index (Phi) is 3.70. The van der Waals surface area contributed by atoms with E-state index in [1.807, 2.05) is 6.07 Å². The van der Waals surface area contributed by atoms with Gasteiger partial charge < -0.3 is 9.47 Å². The Hall–Kier alpha value is -1.77. The van der Waals surface area contributed by atoms with Gasteiger partial charge in [-0.25, -0.2) is 4.98 Å². The van der Waals surface area contributed by atoms with Crippen molar-refractivity contribution < 1.29 is 9.47 Å². The van der Waals surface area contributed by atoms with Crippen LogP contribution in [-0.2, 0) is 0 Å². The molecule has 6 heteroatoms. The summed E-state index contributed by atoms with van der Waals surface area (Å²) < 4.78 is 10.4. The Morgan fingerprint density at radius 2 is 2.11 bits per heavy atom. The zero-order valence-corrected chi connectivity index (χ0v) is 11.3. The number of aromatic nitrogens is 1. The lowest BCUT2D eigenvalue weighted by atomic mass is 10.1. The molecule has 0 fully saturated rings. The minimum atomic E-state index is 0.413. The van der Waals surface area contributed by atoms with Gasteiger partial charge >= 0.3 is 0 Å². The van der Waals surface area contributed by atoms with E-state index in [4.69, 9.17) is 26.3 Å². The molecule has 0 aliphatic heterocycles. The third-order valence-corrected chi connectivity index (χ3v) is 3.36. The number of rotatable bonds is 3. The van der Waals surface area contributed by atoms with Crippen molar-refractivity contribution in [2.24, 2.45) is 0 Å². The lowest BCUT2D eigenvalue weighted by Gasteiger charge is -2.10. The summed E-state index contributed by atoms with van der Waals surface area (Å²) >= 11 is 7.40. The average Bonchev–Trinajstić information content (AvgIpc) is 2.86. The summed E-state index contributed by atoms with van der Waals surface area (Å²) in [5.74, 6) is 1.02. The highest BCUT2D eigenvalue weighted by Gasteiger charge is 2.13. The molecule has 0 N–H and O–H groups in total. The van der Waals surface area contributed by atoms with Crippen LogP contribution in [0.25, 0.3) is 11.3 Å². The molecule has 0 radical (unpaired) electrons. The number of nitriles is 1. The van der Waals surface area contributed by atoms with Crippen molar-refractivity contribution >= 4 is 22.9 Å². The molecule has 1 aromatic heterocycles. The molecule has 0 amide bonds. The van der Waals surface area contributed by atoms with Crippen molar-refractivity contribution in [3.63, 3.8) is 0 Å². The molecule has 0 atom stereocenters. The normalized spacial score (nSPS) is 9.89. The monoisotopic (exact) mass is 280 g/mol. The van der Waals surface area contributed by atoms with Gasteiger partial charge in [-0.05, 0) is 12.1 Å². The zero-order chi connectivity index (χ0) is 13.1. The summed E-state index contributed by atoms with van der Waals surface area (Å²) in [6, 6.07) is 5.52. The molecule has 1 heterocycles. The van der Waals surface area contributed by atoms with Crippen molar-refractivity contribution in [1.29, 1.82) is 5.26 Å². The first-order valence-electron chi connectivity index (χ1n) is 4.97. The number of halogens is 1. The van der Waals surface area contributed by atoms with E-state index >= 15 is 0 Å². The van der Waals surface area contributed by atoms with E-state index in [0.29, 0.717) is 27.2 Å². The molecule has 0 aliphatic carbocycles. The highest BCUT2D eigenvalue weighted by atomic mass is 35.5. The molecule has 0 aliphatic rings. The number of nitrogens with zero attached hydrogens (tertiary/aromatic N) is 2. The fraction of sp³-hybridized carbons (Fsp3) is 0.167. The average molecular weight is 281 g/mol. The van der Waals surface area contributed by atoms with Gasteiger partial charge in [-0.3, -0.25) is 0 Å². The Labute approximate surface area is 113 Å². The second-order valence-electron chi connectivity index (χ2n) is 3.34. The minimum absolute atomic E-state index is 0.413. The summed E-state index contributed by atoms with van der Waals surface area (Å²) in [5, 5.41) is 11.4. The van der Waals surface area contributed by atoms with Crippen molar-refractivity contribution in [1.82, 2.24) is 4.98 Å². The molecular formula is C12H9ClN2O2S. The maximum atomic E-state index is 8.76. The summed E-state index contributed by atoms with van der Waals surface area (Å²) in [6.07, 6.45) is 0. The molecule has 4 nitrogen and oxygen atoms in total. The van der Waals surface area contributed by atoms with Crippen molar-refractivity contribution in [3.05, 3.63) is 27.5 Å². The predicted molar refractivity (Wildman–Crippen MR) is 70.4 cm³/mol. The van der Waals surface area contributed by atoms with Crippen LogP contribution in [-0.4, -0.2) is 19.2 Å². The first-order chi connectivity index (χ1) is 8.69. The van der Waals surface area contributed by atoms with E-state index in [0.717, 1.165) is 5.56 Å². The highest BCUT2D eigenvalue weighted by molar-refractivity contribution is 7.10. The number of benzene rings is 1. The molecule has 0 saturated carbocycles. The van der Waals surface area contributed by atoms with Crippen molar-refractivity contribution in [3.8, 4) is 28.8 Å². The molecular weight excluding hydrogens is 272 g/mol. The predicted octanol–water partition coefficient (Wildman–Crippen LogP) is 3.35. The van der Waals surface area contributed by atoms with Crippen LogP contribution in [0.4, 0.5) is 0 Å². The van der Waals surface area contributed by atoms with Crippen LogP contribution >= 0.6 is 22.9 Å². The summed E-state index contributed by atoms with van der Waals surface area (Å²) in [4.78, 5) is 4.17. The molecule has 0 bridgehead atoms. The van der Waals surface area contributed by atoms with Crippen LogP contribution in [0.2, 0.25) is 5.02 Å². The fourth-order valence-electron chi connectivity index (χ4n) is 1.52. The Morgan fingerprint density at radius 1 is 1.33 bits per heavy atom. The standard InChI is InChI=1S/C12H9ClN2O2S/c1-16-10-4-7(3-8(13)12(10)17-2)9-6-18-11(5-14)15-9/h3-4,6H,1-2H3. The van der Waals surface area contributed by atoms with Gasteiger partial charge in [0.1, 0.15) is 6.07 Å². The van der Waals surface area contributed by atoms with Crippen LogP contribution in [0.15, 0.2) is 17.5 Å². The van der Waals surface area contributed by atoms with E-state index in [1.165, 1.54) is 18.4 Å². The van der Waals surface area contributed by atoms with Gasteiger partial charge in [0.25, 0.3) is 0 Å². The zero-order valence-electron chi connectivity index (χ0n) is 9.73. The van der Waals surface area contributed by atoms with E-state index in [1.54, 1.807) is 24.6 Å². The maximum Gasteiger partial charge on any atom is 0.194 e. The fourth-order valence-corrected chi connectivity index (χ4v) is 2.43. The third-order valence-electron chi connectivity index (χ3n) is 2.33. The van der Waals surface area contributed by atoms with Gasteiger partial charge in [-0.1, -0.05) is 11.6 Å². The molecule has 18 heavy (non-hydrogen) atoms. The second-order valence-corrected chi connectivity index (χ2v) is 4.61. The second kappa shape index (κ2) is 5.25. The van der Waals surface area contributed by atoms with E-state index in [2.05, 4.69) is 4.98 Å². The van der Waals surface area contributed by atoms with E-state index in [9.17, 15) is 0 Å². The van der Waals surface area contributed by atoms with Crippen molar-refractivity contribution in [2.45, 2.75) is 0 Å². The summed E-state index contributed by atoms with van der Waals surface area (Å²) in [5.41, 5.74) is 1.48. The van der Waals surface area contributed by atoms with E-state index < -0.39 is 0 Å². The van der Waals surface area contributed by atoms with Crippen LogP contribution in [0.5, 0.6) is 11.5 Å². The third kappa shape index (κ3) is 2.26. The molecule has 0 saturated heterocycles. The molecule has 2 aromatic rings. The maximum absolute atomic E-state index is 8.76. The van der Waals surface area contributed by atoms with E-state index in [-0.39, 0.29) is 0 Å². The molecule has 2 rings (SSSR count). The first kappa shape index (κ1) is 12.7. The van der Waals surface area contributed by atoms with Gasteiger partial charge in [-0.2, -0.15) is 5.26 Å². The van der Waals surface area contributed by atoms with Crippen molar-refractivity contribution in [2.75, 3.05) is 14.2 Å². The summed E-state index contributed by atoms with van der Waals surface area (Å²) in [6.45, 7) is 0. The Balaban J connectivity index is 2.52. The molecule has 0 unspecified atom stereocenters. The Morgan fingerprint density at radius 3 is 2.67 bits per heavy atom. The van der Waals surface area contributed by atoms with Crippen LogP contribution in [0.3, 0.4) is 0 Å². The number of hydrogen-bond donors (Lipinski definition) is 0. The quantitative estimate of drug-likeness (QED) is 0.865. The SMILES string of the molecule is COc1cc(-c2csc(C#N)n2)cc(Cl)c1OC. The molecule has 92 valence electrons. The number of methoxy groups -OCH3 is 2. The van der Waals surface area contributed by atoms with Gasteiger partial charge in [0.05, 0.1) is 24.9 Å². The summed E-state index contributed by atoms with van der Waals surface area (Å²) in [7, 11) is 3.07. The largest absolute Gasteiger partial charge is 0.493 e. The van der Waals surface area contributed by atoms with Gasteiger partial charge in [0.2, 0.25) is 0 Å². The lowest BCUT2D eigenvalue weighted by molar-refractivity contribution is 0.355. The Bertz CT molecular complexity index is 619. The van der Waals surface area contributed by atoms with Gasteiger partial charge in [0, 0.05) is 10.9 Å². The topological polar surface area (TPSA) is 55.1 Å². The first-order valence-corrected chi connectivity index (χ1v) is 6.23. The molecule has 0 spiro atoms. The van der Waals surface area contributed by atoms with Crippen LogP contribution < -0.4 is 9.47 Å². The number of thiazole rings is 1. The van der Waals surface area contributed by atoms with Gasteiger partial charge in [-0.15, -0.1) is 11.3 Å². The minimum Gasteiger partial charge on any atom is -0.493 e. The van der Waals surface area contributed by atoms with Crippen LogP contribution in [0.1, 0.15) is 5.01 Å². The van der Waals surface area contributed by atoms with Crippen LogP contribution in [0, 0.1) is 11.3 Å².